The normalized spacial score (nSPS) is 15.5. The van der Waals surface area contributed by atoms with Crippen LogP contribution in [0.25, 0.3) is 6.08 Å². The number of aryl methyl sites for hydroxylation is 1. The second kappa shape index (κ2) is 9.53. The van der Waals surface area contributed by atoms with Crippen LogP contribution in [0.1, 0.15) is 43.7 Å². The molecule has 1 aliphatic rings. The third-order valence-electron chi connectivity index (χ3n) is 4.31. The maximum absolute atomic E-state index is 12.1. The number of rotatable bonds is 5. The molecule has 0 saturated heterocycles. The molecule has 0 bridgehead atoms. The summed E-state index contributed by atoms with van der Waals surface area (Å²) in [6.07, 6.45) is 4.07. The van der Waals surface area contributed by atoms with Gasteiger partial charge in [-0.25, -0.2) is 9.59 Å². The average molecular weight is 369 g/mol. The Bertz CT molecular complexity index is 771. The van der Waals surface area contributed by atoms with Crippen molar-refractivity contribution in [2.75, 3.05) is 0 Å². The van der Waals surface area contributed by atoms with Crippen molar-refractivity contribution in [3.05, 3.63) is 41.0 Å². The molecule has 1 fully saturated rings. The maximum atomic E-state index is 12.1. The molecular formula is C20H23N3O4. The summed E-state index contributed by atoms with van der Waals surface area (Å²) in [7, 11) is 0. The minimum atomic E-state index is -1.21. The van der Waals surface area contributed by atoms with Gasteiger partial charge in [0, 0.05) is 6.04 Å². The first-order valence-electron chi connectivity index (χ1n) is 8.90. The zero-order valence-corrected chi connectivity index (χ0v) is 15.5. The second-order valence-corrected chi connectivity index (χ2v) is 6.57. The Kier molecular flexibility index (Phi) is 7.12. The number of benzene rings is 1. The Balaban J connectivity index is 1.90. The van der Waals surface area contributed by atoms with Gasteiger partial charge in [0.15, 0.2) is 6.10 Å². The predicted octanol–water partition coefficient (Wildman–Crippen LogP) is 2.60. The number of esters is 1. The number of nitrogens with one attached hydrogen (secondary N) is 2. The van der Waals surface area contributed by atoms with Gasteiger partial charge in [0.05, 0.1) is 0 Å². The molecule has 1 atom stereocenters. The third-order valence-corrected chi connectivity index (χ3v) is 4.31. The van der Waals surface area contributed by atoms with Gasteiger partial charge < -0.3 is 10.1 Å². The Hall–Kier alpha value is -3.14. The highest BCUT2D eigenvalue weighted by Gasteiger charge is 2.24. The van der Waals surface area contributed by atoms with Gasteiger partial charge in [-0.15, -0.1) is 0 Å². The number of ether oxygens (including phenoxy) is 1. The van der Waals surface area contributed by atoms with E-state index in [1.165, 1.54) is 13.0 Å². The van der Waals surface area contributed by atoms with Crippen LogP contribution in [-0.4, -0.2) is 30.1 Å². The zero-order chi connectivity index (χ0) is 19.8. The Morgan fingerprint density at radius 3 is 2.44 bits per heavy atom. The van der Waals surface area contributed by atoms with Crippen molar-refractivity contribution in [1.82, 2.24) is 10.6 Å². The summed E-state index contributed by atoms with van der Waals surface area (Å²) in [6, 6.07) is 8.48. The minimum absolute atomic E-state index is 0.0679. The molecule has 2 N–H and O–H groups in total. The molecule has 0 radical (unpaired) electrons. The quantitative estimate of drug-likeness (QED) is 0.471. The largest absolute Gasteiger partial charge is 0.448 e. The van der Waals surface area contributed by atoms with Gasteiger partial charge in [-0.2, -0.15) is 5.26 Å². The van der Waals surface area contributed by atoms with Crippen LogP contribution in [0.2, 0.25) is 0 Å². The van der Waals surface area contributed by atoms with Gasteiger partial charge in [-0.1, -0.05) is 42.7 Å². The van der Waals surface area contributed by atoms with Crippen molar-refractivity contribution < 1.29 is 19.1 Å². The standard InChI is InChI=1S/C20H23N3O4/c1-13-7-9-15(10-8-13)11-16(12-21)19(25)27-14(2)18(24)23-20(26)22-17-5-3-4-6-17/h7-11,14,17H,3-6H2,1-2H3,(H2,22,23,24,26)/b16-11+/t14-/m1/s1. The molecule has 27 heavy (non-hydrogen) atoms. The Labute approximate surface area is 158 Å². The summed E-state index contributed by atoms with van der Waals surface area (Å²) in [5.41, 5.74) is 1.49. The topological polar surface area (TPSA) is 108 Å². The van der Waals surface area contributed by atoms with E-state index in [2.05, 4.69) is 10.6 Å². The van der Waals surface area contributed by atoms with Gasteiger partial charge in [0.1, 0.15) is 11.6 Å². The Morgan fingerprint density at radius 1 is 1.22 bits per heavy atom. The summed E-state index contributed by atoms with van der Waals surface area (Å²) in [5.74, 6) is -1.66. The van der Waals surface area contributed by atoms with Crippen LogP contribution in [0.15, 0.2) is 29.8 Å². The first-order chi connectivity index (χ1) is 12.9. The number of nitriles is 1. The van der Waals surface area contributed by atoms with Crippen molar-refractivity contribution in [3.63, 3.8) is 0 Å². The van der Waals surface area contributed by atoms with E-state index in [0.29, 0.717) is 5.56 Å². The lowest BCUT2D eigenvalue weighted by molar-refractivity contribution is -0.150. The summed E-state index contributed by atoms with van der Waals surface area (Å²) >= 11 is 0. The predicted molar refractivity (Wildman–Crippen MR) is 99.3 cm³/mol. The molecule has 1 aromatic carbocycles. The number of carbonyl (C=O) groups excluding carboxylic acids is 3. The van der Waals surface area contributed by atoms with E-state index in [-0.39, 0.29) is 11.6 Å². The first kappa shape index (κ1) is 20.2. The van der Waals surface area contributed by atoms with Gasteiger partial charge in [0.2, 0.25) is 0 Å². The van der Waals surface area contributed by atoms with E-state index in [4.69, 9.17) is 4.74 Å². The molecule has 1 saturated carbocycles. The molecule has 0 unspecified atom stereocenters. The van der Waals surface area contributed by atoms with Crippen molar-refractivity contribution in [2.45, 2.75) is 51.7 Å². The van der Waals surface area contributed by atoms with Crippen LogP contribution >= 0.6 is 0 Å². The lowest BCUT2D eigenvalue weighted by Gasteiger charge is -2.15. The van der Waals surface area contributed by atoms with Gasteiger partial charge in [-0.05, 0) is 38.3 Å². The molecule has 1 aromatic rings. The van der Waals surface area contributed by atoms with Crippen LogP contribution in [-0.2, 0) is 14.3 Å². The van der Waals surface area contributed by atoms with Crippen molar-refractivity contribution in [1.29, 1.82) is 5.26 Å². The molecule has 7 heteroatoms. The van der Waals surface area contributed by atoms with Gasteiger partial charge in [-0.3, -0.25) is 10.1 Å². The highest BCUT2D eigenvalue weighted by atomic mass is 16.5. The van der Waals surface area contributed by atoms with Crippen LogP contribution < -0.4 is 10.6 Å². The van der Waals surface area contributed by atoms with Crippen molar-refractivity contribution in [2.24, 2.45) is 0 Å². The van der Waals surface area contributed by atoms with E-state index in [0.717, 1.165) is 31.2 Å². The molecule has 1 aliphatic carbocycles. The average Bonchev–Trinajstić information content (AvgIpc) is 3.13. The number of urea groups is 1. The lowest BCUT2D eigenvalue weighted by atomic mass is 10.1. The van der Waals surface area contributed by atoms with E-state index in [9.17, 15) is 19.6 Å². The van der Waals surface area contributed by atoms with Gasteiger partial charge >= 0.3 is 12.0 Å². The third kappa shape index (κ3) is 6.26. The molecule has 2 rings (SSSR count). The fourth-order valence-electron chi connectivity index (χ4n) is 2.75. The fourth-order valence-corrected chi connectivity index (χ4v) is 2.75. The fraction of sp³-hybridized carbons (Fsp3) is 0.400. The number of hydrogen-bond donors (Lipinski definition) is 2. The molecule has 0 aliphatic heterocycles. The highest BCUT2D eigenvalue weighted by molar-refractivity contribution is 6.01. The molecule has 0 aromatic heterocycles. The summed E-state index contributed by atoms with van der Waals surface area (Å²) < 4.78 is 5.01. The number of hydrogen-bond acceptors (Lipinski definition) is 5. The molecule has 3 amide bonds. The zero-order valence-electron chi connectivity index (χ0n) is 15.5. The molecule has 0 spiro atoms. The summed E-state index contributed by atoms with van der Waals surface area (Å²) in [5, 5.41) is 14.1. The number of amides is 3. The van der Waals surface area contributed by atoms with Gasteiger partial charge in [0.25, 0.3) is 5.91 Å². The lowest BCUT2D eigenvalue weighted by Crippen LogP contribution is -2.47. The summed E-state index contributed by atoms with van der Waals surface area (Å²) in [6.45, 7) is 3.27. The van der Waals surface area contributed by atoms with Crippen molar-refractivity contribution in [3.8, 4) is 6.07 Å². The first-order valence-corrected chi connectivity index (χ1v) is 8.90. The van der Waals surface area contributed by atoms with E-state index < -0.39 is 24.0 Å². The highest BCUT2D eigenvalue weighted by Crippen LogP contribution is 2.17. The number of imide groups is 1. The monoisotopic (exact) mass is 369 g/mol. The van der Waals surface area contributed by atoms with E-state index in [1.54, 1.807) is 18.2 Å². The van der Waals surface area contributed by atoms with E-state index in [1.807, 2.05) is 19.1 Å². The molecule has 0 heterocycles. The molecule has 7 nitrogen and oxygen atoms in total. The van der Waals surface area contributed by atoms with Crippen LogP contribution in [0.3, 0.4) is 0 Å². The van der Waals surface area contributed by atoms with Crippen LogP contribution in [0.4, 0.5) is 4.79 Å². The Morgan fingerprint density at radius 2 is 1.85 bits per heavy atom. The van der Waals surface area contributed by atoms with Crippen LogP contribution in [0.5, 0.6) is 0 Å². The SMILES string of the molecule is Cc1ccc(/C=C(\C#N)C(=O)O[C@H](C)C(=O)NC(=O)NC2CCCC2)cc1. The molecule has 142 valence electrons. The summed E-state index contributed by atoms with van der Waals surface area (Å²) in [4.78, 5) is 36.0. The second-order valence-electron chi connectivity index (χ2n) is 6.57. The van der Waals surface area contributed by atoms with Crippen LogP contribution in [0, 0.1) is 18.3 Å². The minimum Gasteiger partial charge on any atom is -0.448 e. The van der Waals surface area contributed by atoms with E-state index >= 15 is 0 Å². The smallest absolute Gasteiger partial charge is 0.349 e. The van der Waals surface area contributed by atoms with Crippen molar-refractivity contribution >= 4 is 24.0 Å². The maximum Gasteiger partial charge on any atom is 0.349 e. The number of nitrogens with zero attached hydrogens (tertiary/aromatic N) is 1. The molecular weight excluding hydrogens is 346 g/mol. The number of carbonyl (C=O) groups is 3.